The number of thiophene rings is 1. The fraction of sp³-hybridized carbons (Fsp3) is 0.200. The number of carbonyl (C=O) groups is 1. The van der Waals surface area contributed by atoms with Crippen LogP contribution in [0.4, 0.5) is 5.69 Å². The number of anilines is 1. The Labute approximate surface area is 165 Å². The number of hydrogen-bond acceptors (Lipinski definition) is 5. The molecular weight excluding hydrogens is 384 g/mol. The number of rotatable bonds is 5. The van der Waals surface area contributed by atoms with E-state index in [-0.39, 0.29) is 11.5 Å². The second kappa shape index (κ2) is 7.58. The number of pyridine rings is 1. The van der Waals surface area contributed by atoms with Gasteiger partial charge in [-0.15, -0.1) is 11.3 Å². The number of aromatic carboxylic acids is 1. The van der Waals surface area contributed by atoms with Crippen molar-refractivity contribution in [1.29, 1.82) is 0 Å². The normalized spacial score (nSPS) is 15.7. The summed E-state index contributed by atoms with van der Waals surface area (Å²) in [6.07, 6.45) is 3.90. The number of carboxylic acid groups (broad SMARTS) is 1. The zero-order valence-electron chi connectivity index (χ0n) is 14.3. The summed E-state index contributed by atoms with van der Waals surface area (Å²) in [5, 5.41) is 12.5. The molecule has 1 aliphatic rings. The maximum atomic E-state index is 11.3. The van der Waals surface area contributed by atoms with Crippen molar-refractivity contribution >= 4 is 34.6 Å². The van der Waals surface area contributed by atoms with Gasteiger partial charge in [-0.05, 0) is 41.8 Å². The van der Waals surface area contributed by atoms with Crippen LogP contribution in [0.2, 0.25) is 4.34 Å². The lowest BCUT2D eigenvalue weighted by atomic mass is 9.91. The standard InChI is InChI=1S/C20H17ClN2O3S/c21-19-4-3-18(27-19)12-1-2-14-13(6-8-26-17(14)9-12)10-23-16-11-22-7-5-15(16)20(24)25/h1-5,7,9,11,13,23H,6,8,10H2,(H,24,25)/t13-/m1/s1. The van der Waals surface area contributed by atoms with Crippen LogP contribution in [0.3, 0.4) is 0 Å². The minimum atomic E-state index is -0.966. The third-order valence-electron chi connectivity index (χ3n) is 4.63. The molecule has 3 heterocycles. The number of ether oxygens (including phenoxy) is 1. The third-order valence-corrected chi connectivity index (χ3v) is 5.91. The molecule has 0 amide bonds. The second-order valence-electron chi connectivity index (χ2n) is 6.30. The Morgan fingerprint density at radius 1 is 1.33 bits per heavy atom. The van der Waals surface area contributed by atoms with Gasteiger partial charge in [0.15, 0.2) is 0 Å². The molecule has 1 atom stereocenters. The van der Waals surface area contributed by atoms with Crippen LogP contribution in [0, 0.1) is 0 Å². The van der Waals surface area contributed by atoms with E-state index >= 15 is 0 Å². The Bertz CT molecular complexity index is 989. The molecule has 138 valence electrons. The largest absolute Gasteiger partial charge is 0.493 e. The molecule has 1 aliphatic heterocycles. The predicted octanol–water partition coefficient (Wildman–Crippen LogP) is 5.14. The van der Waals surface area contributed by atoms with E-state index in [0.29, 0.717) is 18.8 Å². The highest BCUT2D eigenvalue weighted by atomic mass is 35.5. The summed E-state index contributed by atoms with van der Waals surface area (Å²) >= 11 is 7.58. The molecule has 3 aromatic rings. The van der Waals surface area contributed by atoms with E-state index in [1.54, 1.807) is 6.20 Å². The maximum absolute atomic E-state index is 11.3. The van der Waals surface area contributed by atoms with E-state index in [4.69, 9.17) is 16.3 Å². The van der Waals surface area contributed by atoms with Crippen LogP contribution in [0.5, 0.6) is 5.75 Å². The lowest BCUT2D eigenvalue weighted by Gasteiger charge is -2.27. The maximum Gasteiger partial charge on any atom is 0.337 e. The summed E-state index contributed by atoms with van der Waals surface area (Å²) in [5.41, 5.74) is 2.96. The average molecular weight is 401 g/mol. The first kappa shape index (κ1) is 17.8. The van der Waals surface area contributed by atoms with Gasteiger partial charge in [0.05, 0.1) is 28.4 Å². The summed E-state index contributed by atoms with van der Waals surface area (Å²) in [5.74, 6) is 0.141. The van der Waals surface area contributed by atoms with Gasteiger partial charge in [-0.2, -0.15) is 0 Å². The fourth-order valence-corrected chi connectivity index (χ4v) is 4.29. The van der Waals surface area contributed by atoms with Gasteiger partial charge in [-0.3, -0.25) is 4.98 Å². The number of benzene rings is 1. The molecule has 2 aromatic heterocycles. The van der Waals surface area contributed by atoms with Crippen molar-refractivity contribution in [1.82, 2.24) is 4.98 Å². The van der Waals surface area contributed by atoms with E-state index in [0.717, 1.165) is 32.5 Å². The Morgan fingerprint density at radius 2 is 2.22 bits per heavy atom. The predicted molar refractivity (Wildman–Crippen MR) is 107 cm³/mol. The number of hydrogen-bond donors (Lipinski definition) is 2. The van der Waals surface area contributed by atoms with Crippen molar-refractivity contribution in [3.05, 3.63) is 64.3 Å². The van der Waals surface area contributed by atoms with Gasteiger partial charge in [0, 0.05) is 23.5 Å². The number of carboxylic acids is 1. The van der Waals surface area contributed by atoms with Crippen LogP contribution in [0.1, 0.15) is 28.3 Å². The second-order valence-corrected chi connectivity index (χ2v) is 8.01. The lowest BCUT2D eigenvalue weighted by molar-refractivity contribution is 0.0697. The van der Waals surface area contributed by atoms with Gasteiger partial charge >= 0.3 is 5.97 Å². The van der Waals surface area contributed by atoms with E-state index < -0.39 is 5.97 Å². The van der Waals surface area contributed by atoms with E-state index in [2.05, 4.69) is 28.5 Å². The van der Waals surface area contributed by atoms with Gasteiger partial charge in [-0.25, -0.2) is 4.79 Å². The minimum Gasteiger partial charge on any atom is -0.493 e. The molecule has 0 saturated heterocycles. The Hall–Kier alpha value is -2.57. The molecule has 0 fully saturated rings. The zero-order chi connectivity index (χ0) is 18.8. The molecule has 0 bridgehead atoms. The summed E-state index contributed by atoms with van der Waals surface area (Å²) < 4.78 is 6.63. The van der Waals surface area contributed by atoms with Gasteiger partial charge in [0.25, 0.3) is 0 Å². The Kier molecular flexibility index (Phi) is 5.01. The van der Waals surface area contributed by atoms with Crippen molar-refractivity contribution in [3.8, 4) is 16.2 Å². The lowest BCUT2D eigenvalue weighted by Crippen LogP contribution is -2.21. The van der Waals surface area contributed by atoms with Crippen LogP contribution in [0.15, 0.2) is 48.8 Å². The molecule has 27 heavy (non-hydrogen) atoms. The molecule has 0 saturated carbocycles. The summed E-state index contributed by atoms with van der Waals surface area (Å²) in [6.45, 7) is 1.25. The summed E-state index contributed by atoms with van der Waals surface area (Å²) in [6, 6.07) is 11.6. The number of aromatic nitrogens is 1. The molecule has 0 radical (unpaired) electrons. The van der Waals surface area contributed by atoms with Crippen LogP contribution < -0.4 is 10.1 Å². The molecule has 2 N–H and O–H groups in total. The number of nitrogens with one attached hydrogen (secondary N) is 1. The van der Waals surface area contributed by atoms with Gasteiger partial charge in [-0.1, -0.05) is 23.7 Å². The van der Waals surface area contributed by atoms with Crippen LogP contribution in [-0.2, 0) is 0 Å². The van der Waals surface area contributed by atoms with Crippen molar-refractivity contribution in [2.75, 3.05) is 18.5 Å². The molecule has 0 aliphatic carbocycles. The minimum absolute atomic E-state index is 0.224. The number of halogens is 1. The highest BCUT2D eigenvalue weighted by Gasteiger charge is 2.23. The summed E-state index contributed by atoms with van der Waals surface area (Å²) in [7, 11) is 0. The quantitative estimate of drug-likeness (QED) is 0.620. The summed E-state index contributed by atoms with van der Waals surface area (Å²) in [4.78, 5) is 16.5. The highest BCUT2D eigenvalue weighted by Crippen LogP contribution is 2.39. The Balaban J connectivity index is 1.54. The smallest absolute Gasteiger partial charge is 0.337 e. The number of nitrogens with zero attached hydrogens (tertiary/aromatic N) is 1. The molecule has 4 rings (SSSR count). The monoisotopic (exact) mass is 400 g/mol. The molecule has 5 nitrogen and oxygen atoms in total. The van der Waals surface area contributed by atoms with Gasteiger partial charge in [0.1, 0.15) is 5.75 Å². The zero-order valence-corrected chi connectivity index (χ0v) is 15.9. The fourth-order valence-electron chi connectivity index (χ4n) is 3.25. The van der Waals surface area contributed by atoms with Crippen molar-refractivity contribution in [3.63, 3.8) is 0 Å². The van der Waals surface area contributed by atoms with Crippen LogP contribution in [0.25, 0.3) is 10.4 Å². The molecular formula is C20H17ClN2O3S. The molecule has 7 heteroatoms. The molecule has 1 aromatic carbocycles. The van der Waals surface area contributed by atoms with Gasteiger partial charge in [0.2, 0.25) is 0 Å². The number of fused-ring (bicyclic) bond motifs is 1. The first-order valence-electron chi connectivity index (χ1n) is 8.55. The van der Waals surface area contributed by atoms with E-state index in [9.17, 15) is 9.90 Å². The topological polar surface area (TPSA) is 71.5 Å². The third kappa shape index (κ3) is 3.77. The first-order chi connectivity index (χ1) is 13.1. The SMILES string of the molecule is O=C(O)c1ccncc1NC[C@H]1CCOc2cc(-c3ccc(Cl)s3)ccc21. The Morgan fingerprint density at radius 3 is 3.00 bits per heavy atom. The van der Waals surface area contributed by atoms with Crippen molar-refractivity contribution < 1.29 is 14.6 Å². The van der Waals surface area contributed by atoms with Crippen molar-refractivity contribution in [2.45, 2.75) is 12.3 Å². The van der Waals surface area contributed by atoms with Crippen LogP contribution >= 0.6 is 22.9 Å². The van der Waals surface area contributed by atoms with Crippen LogP contribution in [-0.4, -0.2) is 29.2 Å². The highest BCUT2D eigenvalue weighted by molar-refractivity contribution is 7.19. The van der Waals surface area contributed by atoms with E-state index in [1.807, 2.05) is 12.1 Å². The van der Waals surface area contributed by atoms with E-state index in [1.165, 1.54) is 23.6 Å². The van der Waals surface area contributed by atoms with Crippen molar-refractivity contribution in [2.24, 2.45) is 0 Å². The first-order valence-corrected chi connectivity index (χ1v) is 9.75. The molecule has 0 spiro atoms. The molecule has 0 unspecified atom stereocenters. The van der Waals surface area contributed by atoms with Gasteiger partial charge < -0.3 is 15.2 Å². The average Bonchev–Trinajstić information content (AvgIpc) is 3.12.